The molecule has 3 heterocycles. The number of ether oxygens (including phenoxy) is 2. The van der Waals surface area contributed by atoms with Gasteiger partial charge in [0, 0.05) is 50.9 Å². The maximum Gasteiger partial charge on any atom is 0.259 e. The van der Waals surface area contributed by atoms with Gasteiger partial charge in [-0.15, -0.1) is 0 Å². The van der Waals surface area contributed by atoms with Crippen LogP contribution in [-0.4, -0.2) is 61.4 Å². The molecule has 1 aliphatic carbocycles. The van der Waals surface area contributed by atoms with E-state index < -0.39 is 0 Å². The molecule has 8 heteroatoms. The van der Waals surface area contributed by atoms with E-state index in [0.29, 0.717) is 87.6 Å². The number of anilines is 1. The number of pyridine rings is 1. The van der Waals surface area contributed by atoms with E-state index in [1.165, 1.54) is 12.1 Å². The van der Waals surface area contributed by atoms with Crippen molar-refractivity contribution in [3.05, 3.63) is 57.8 Å². The van der Waals surface area contributed by atoms with Gasteiger partial charge in [0.15, 0.2) is 0 Å². The first-order valence-electron chi connectivity index (χ1n) is 11.4. The van der Waals surface area contributed by atoms with E-state index in [4.69, 9.17) is 9.47 Å². The minimum absolute atomic E-state index is 0.130. The number of hydrogen-bond donors (Lipinski definition) is 0. The number of piperazine rings is 1. The van der Waals surface area contributed by atoms with E-state index in [1.807, 2.05) is 11.0 Å². The molecule has 1 saturated heterocycles. The second-order valence-corrected chi connectivity index (χ2v) is 8.67. The van der Waals surface area contributed by atoms with Gasteiger partial charge in [-0.3, -0.25) is 9.59 Å². The molecule has 1 aromatic carbocycles. The third-order valence-electron chi connectivity index (χ3n) is 6.47. The molecule has 7 nitrogen and oxygen atoms in total. The van der Waals surface area contributed by atoms with Crippen LogP contribution in [0.3, 0.4) is 0 Å². The predicted octanol–water partition coefficient (Wildman–Crippen LogP) is 2.31. The summed E-state index contributed by atoms with van der Waals surface area (Å²) in [5.41, 5.74) is 1.58. The summed E-state index contributed by atoms with van der Waals surface area (Å²) in [6.45, 7) is 3.91. The Labute approximate surface area is 186 Å². The zero-order valence-electron chi connectivity index (χ0n) is 18.1. The van der Waals surface area contributed by atoms with Crippen molar-refractivity contribution in [1.29, 1.82) is 0 Å². The number of fused-ring (bicyclic) bond motifs is 1. The average Bonchev–Trinajstić information content (AvgIpc) is 3.65. The van der Waals surface area contributed by atoms with Crippen LogP contribution in [0.25, 0.3) is 0 Å². The normalized spacial score (nSPS) is 18.8. The van der Waals surface area contributed by atoms with Crippen molar-refractivity contribution >= 4 is 11.6 Å². The molecule has 0 spiro atoms. The number of rotatable bonds is 5. The maximum atomic E-state index is 14.2. The Morgan fingerprint density at radius 2 is 1.88 bits per heavy atom. The molecule has 2 fully saturated rings. The summed E-state index contributed by atoms with van der Waals surface area (Å²) in [5.74, 6) is 0.508. The van der Waals surface area contributed by atoms with Crippen LogP contribution in [0.1, 0.15) is 28.9 Å². The molecule has 32 heavy (non-hydrogen) atoms. The van der Waals surface area contributed by atoms with Gasteiger partial charge in [0.05, 0.1) is 25.5 Å². The number of nitrogens with zero attached hydrogens (tertiary/aromatic N) is 3. The first-order chi connectivity index (χ1) is 15.6. The molecule has 1 saturated carbocycles. The number of carbonyl (C=O) groups is 1. The molecule has 0 N–H and O–H groups in total. The van der Waals surface area contributed by atoms with E-state index in [-0.39, 0.29) is 17.3 Å². The topological polar surface area (TPSA) is 64.0 Å². The van der Waals surface area contributed by atoms with Crippen LogP contribution in [-0.2, 0) is 17.7 Å². The van der Waals surface area contributed by atoms with Crippen molar-refractivity contribution < 1.29 is 18.7 Å². The Morgan fingerprint density at radius 1 is 1.09 bits per heavy atom. The second-order valence-electron chi connectivity index (χ2n) is 8.67. The Kier molecular flexibility index (Phi) is 5.87. The molecule has 0 bridgehead atoms. The highest BCUT2D eigenvalue weighted by molar-refractivity contribution is 5.98. The number of hydrogen-bond acceptors (Lipinski definition) is 5. The van der Waals surface area contributed by atoms with E-state index >= 15 is 0 Å². The molecule has 0 unspecified atom stereocenters. The van der Waals surface area contributed by atoms with E-state index in [0.717, 1.165) is 12.8 Å². The van der Waals surface area contributed by atoms with Crippen molar-refractivity contribution in [3.8, 4) is 5.75 Å². The highest BCUT2D eigenvalue weighted by Gasteiger charge is 2.31. The highest BCUT2D eigenvalue weighted by atomic mass is 19.1. The summed E-state index contributed by atoms with van der Waals surface area (Å²) >= 11 is 0. The number of para-hydroxylation sites is 1. The lowest BCUT2D eigenvalue weighted by atomic mass is 10.1. The van der Waals surface area contributed by atoms with Crippen LogP contribution in [0.5, 0.6) is 5.75 Å². The van der Waals surface area contributed by atoms with Crippen LogP contribution in [0.2, 0.25) is 0 Å². The van der Waals surface area contributed by atoms with E-state index in [9.17, 15) is 14.0 Å². The largest absolute Gasteiger partial charge is 0.492 e. The van der Waals surface area contributed by atoms with Crippen molar-refractivity contribution in [1.82, 2.24) is 9.47 Å². The number of halogens is 1. The summed E-state index contributed by atoms with van der Waals surface area (Å²) < 4.78 is 27.4. The van der Waals surface area contributed by atoms with E-state index in [2.05, 4.69) is 0 Å². The monoisotopic (exact) mass is 441 g/mol. The molecule has 1 amide bonds. The molecule has 2 aromatic rings. The van der Waals surface area contributed by atoms with Gasteiger partial charge < -0.3 is 23.8 Å². The predicted molar refractivity (Wildman–Crippen MR) is 118 cm³/mol. The molecule has 5 rings (SSSR count). The zero-order valence-corrected chi connectivity index (χ0v) is 18.1. The summed E-state index contributed by atoms with van der Waals surface area (Å²) in [6, 6.07) is 8.17. The summed E-state index contributed by atoms with van der Waals surface area (Å²) in [5, 5.41) is 0. The summed E-state index contributed by atoms with van der Waals surface area (Å²) in [6.07, 6.45) is 2.74. The summed E-state index contributed by atoms with van der Waals surface area (Å²) in [7, 11) is 0. The van der Waals surface area contributed by atoms with Gasteiger partial charge in [-0.2, -0.15) is 0 Å². The fourth-order valence-corrected chi connectivity index (χ4v) is 4.46. The van der Waals surface area contributed by atoms with Crippen LogP contribution in [0.15, 0.2) is 35.1 Å². The maximum absolute atomic E-state index is 14.2. The van der Waals surface area contributed by atoms with Crippen molar-refractivity contribution in [2.24, 2.45) is 5.92 Å². The number of amides is 1. The number of aromatic nitrogens is 1. The van der Waals surface area contributed by atoms with Crippen molar-refractivity contribution in [2.75, 3.05) is 50.9 Å². The van der Waals surface area contributed by atoms with Crippen LogP contribution in [0.4, 0.5) is 10.1 Å². The minimum Gasteiger partial charge on any atom is -0.492 e. The molecule has 2 aliphatic heterocycles. The van der Waals surface area contributed by atoms with E-state index in [1.54, 1.807) is 21.6 Å². The zero-order chi connectivity index (χ0) is 22.1. The molecule has 170 valence electrons. The van der Waals surface area contributed by atoms with Gasteiger partial charge >= 0.3 is 0 Å². The smallest absolute Gasteiger partial charge is 0.259 e. The fourth-order valence-electron chi connectivity index (χ4n) is 4.46. The fraction of sp³-hybridized carbons (Fsp3) is 0.500. The lowest BCUT2D eigenvalue weighted by Gasteiger charge is -2.36. The Hall–Kier alpha value is -2.87. The van der Waals surface area contributed by atoms with Crippen LogP contribution < -0.4 is 15.2 Å². The third kappa shape index (κ3) is 4.24. The Balaban J connectivity index is 1.41. The van der Waals surface area contributed by atoms with Crippen molar-refractivity contribution in [2.45, 2.75) is 25.8 Å². The van der Waals surface area contributed by atoms with Crippen LogP contribution in [0, 0.1) is 11.7 Å². The number of carbonyl (C=O) groups excluding carboxylic acids is 1. The first kappa shape index (κ1) is 21.0. The molecular formula is C24H28FN3O4. The van der Waals surface area contributed by atoms with Gasteiger partial charge in [-0.05, 0) is 30.9 Å². The third-order valence-corrected chi connectivity index (χ3v) is 6.47. The quantitative estimate of drug-likeness (QED) is 0.713. The van der Waals surface area contributed by atoms with Gasteiger partial charge in [-0.1, -0.05) is 12.1 Å². The first-order valence-corrected chi connectivity index (χ1v) is 11.4. The van der Waals surface area contributed by atoms with Crippen molar-refractivity contribution in [3.63, 3.8) is 0 Å². The molecule has 1 aromatic heterocycles. The summed E-state index contributed by atoms with van der Waals surface area (Å²) in [4.78, 5) is 30.2. The van der Waals surface area contributed by atoms with Gasteiger partial charge in [0.1, 0.15) is 17.1 Å². The minimum atomic E-state index is -0.254. The Morgan fingerprint density at radius 3 is 2.62 bits per heavy atom. The lowest BCUT2D eigenvalue weighted by Crippen LogP contribution is -2.49. The molecular weight excluding hydrogens is 413 g/mol. The molecule has 0 atom stereocenters. The highest BCUT2D eigenvalue weighted by Crippen LogP contribution is 2.32. The number of benzene rings is 1. The lowest BCUT2D eigenvalue weighted by molar-refractivity contribution is 0.0739. The standard InChI is InChI=1S/C24H28FN3O4/c25-18-3-1-2-4-19(18)26-8-10-27(11-9-26)24(30)23-20-7-13-31-14-12-28(20)22(29)15-21(23)32-16-17-5-6-17/h1-4,15,17H,5-14,16H2. The van der Waals surface area contributed by atoms with Crippen LogP contribution >= 0.6 is 0 Å². The molecule has 3 aliphatic rings. The SMILES string of the molecule is O=C(c1c(OCC2CC2)cc(=O)n2c1CCOCC2)N1CCN(c2ccccc2F)CC1. The van der Waals surface area contributed by atoms with Gasteiger partial charge in [0.2, 0.25) is 0 Å². The second kappa shape index (κ2) is 8.94. The van der Waals surface area contributed by atoms with Gasteiger partial charge in [0.25, 0.3) is 11.5 Å². The molecule has 0 radical (unpaired) electrons. The van der Waals surface area contributed by atoms with Gasteiger partial charge in [-0.25, -0.2) is 4.39 Å². The Bertz CT molecular complexity index is 1060. The average molecular weight is 442 g/mol.